The van der Waals surface area contributed by atoms with Crippen molar-refractivity contribution in [3.8, 4) is 0 Å². The Bertz CT molecular complexity index is 564. The topological polar surface area (TPSA) is 55.8 Å². The normalized spacial score (nSPS) is 21.2. The molecule has 5 nitrogen and oxygen atoms in total. The van der Waals surface area contributed by atoms with Crippen LogP contribution in [0.2, 0.25) is 0 Å². The first kappa shape index (κ1) is 18.3. The molecule has 1 aliphatic heterocycles. The number of esters is 1. The summed E-state index contributed by atoms with van der Waals surface area (Å²) in [7, 11) is 0. The molecule has 0 aliphatic carbocycles. The Labute approximate surface area is 143 Å². The fourth-order valence-electron chi connectivity index (χ4n) is 2.73. The van der Waals surface area contributed by atoms with Gasteiger partial charge in [-0.2, -0.15) is 0 Å². The SMILES string of the molecule is C[C@@H]1CCN(C(=O)OC(C)(C)C)[C@H](C(=O)OCc2ccccc2)C1. The van der Waals surface area contributed by atoms with Gasteiger partial charge in [0, 0.05) is 6.54 Å². The predicted octanol–water partition coefficient (Wildman–Crippen LogP) is 3.77. The molecule has 1 aliphatic rings. The summed E-state index contributed by atoms with van der Waals surface area (Å²) in [6.45, 7) is 8.28. The molecule has 1 fully saturated rings. The average Bonchev–Trinajstić information content (AvgIpc) is 2.51. The first-order valence-electron chi connectivity index (χ1n) is 8.46. The van der Waals surface area contributed by atoms with E-state index in [2.05, 4.69) is 6.92 Å². The van der Waals surface area contributed by atoms with Crippen molar-refractivity contribution in [1.82, 2.24) is 4.90 Å². The number of piperidine rings is 1. The smallest absolute Gasteiger partial charge is 0.411 e. The van der Waals surface area contributed by atoms with E-state index in [0.29, 0.717) is 18.9 Å². The predicted molar refractivity (Wildman–Crippen MR) is 91.4 cm³/mol. The van der Waals surface area contributed by atoms with Crippen LogP contribution in [0.15, 0.2) is 30.3 Å². The molecule has 0 N–H and O–H groups in total. The Hall–Kier alpha value is -2.04. The van der Waals surface area contributed by atoms with E-state index in [4.69, 9.17) is 9.47 Å². The van der Waals surface area contributed by atoms with Crippen molar-refractivity contribution in [1.29, 1.82) is 0 Å². The van der Waals surface area contributed by atoms with Crippen LogP contribution in [0.1, 0.15) is 46.1 Å². The maximum Gasteiger partial charge on any atom is 0.411 e. The number of amides is 1. The van der Waals surface area contributed by atoms with Gasteiger partial charge < -0.3 is 9.47 Å². The van der Waals surface area contributed by atoms with Crippen molar-refractivity contribution in [2.24, 2.45) is 5.92 Å². The van der Waals surface area contributed by atoms with Gasteiger partial charge in [-0.3, -0.25) is 4.90 Å². The highest BCUT2D eigenvalue weighted by atomic mass is 16.6. The van der Waals surface area contributed by atoms with Gasteiger partial charge >= 0.3 is 12.1 Å². The fraction of sp³-hybridized carbons (Fsp3) is 0.579. The molecule has 24 heavy (non-hydrogen) atoms. The van der Waals surface area contributed by atoms with Crippen LogP contribution in [0.3, 0.4) is 0 Å². The number of hydrogen-bond acceptors (Lipinski definition) is 4. The summed E-state index contributed by atoms with van der Waals surface area (Å²) in [5.74, 6) is 0.00854. The second kappa shape index (κ2) is 7.69. The number of rotatable bonds is 3. The minimum atomic E-state index is -0.585. The third kappa shape index (κ3) is 5.25. The van der Waals surface area contributed by atoms with E-state index >= 15 is 0 Å². The molecule has 0 radical (unpaired) electrons. The van der Waals surface area contributed by atoms with Gasteiger partial charge in [0.05, 0.1) is 0 Å². The summed E-state index contributed by atoms with van der Waals surface area (Å²) in [5.41, 5.74) is 0.345. The first-order valence-corrected chi connectivity index (χ1v) is 8.46. The second-order valence-electron chi connectivity index (χ2n) is 7.41. The molecule has 0 saturated carbocycles. The standard InChI is InChI=1S/C19H27NO4/c1-14-10-11-20(18(22)24-19(2,3)4)16(12-14)17(21)23-13-15-8-6-5-7-9-15/h5-9,14,16H,10-13H2,1-4H3/t14-,16+/m1/s1. The van der Waals surface area contributed by atoms with Gasteiger partial charge in [0.2, 0.25) is 0 Å². The maximum atomic E-state index is 12.5. The minimum Gasteiger partial charge on any atom is -0.459 e. The molecule has 2 atom stereocenters. The highest BCUT2D eigenvalue weighted by Gasteiger charge is 2.38. The molecule has 1 amide bonds. The number of nitrogens with zero attached hydrogens (tertiary/aromatic N) is 1. The van der Waals surface area contributed by atoms with Crippen LogP contribution in [0, 0.1) is 5.92 Å². The fourth-order valence-corrected chi connectivity index (χ4v) is 2.73. The van der Waals surface area contributed by atoms with E-state index in [-0.39, 0.29) is 12.6 Å². The largest absolute Gasteiger partial charge is 0.459 e. The number of hydrogen-bond donors (Lipinski definition) is 0. The van der Waals surface area contributed by atoms with Crippen molar-refractivity contribution < 1.29 is 19.1 Å². The summed E-state index contributed by atoms with van der Waals surface area (Å²) >= 11 is 0. The van der Waals surface area contributed by atoms with Crippen molar-refractivity contribution in [3.05, 3.63) is 35.9 Å². The lowest BCUT2D eigenvalue weighted by Crippen LogP contribution is -2.51. The third-order valence-corrected chi connectivity index (χ3v) is 3.99. The lowest BCUT2D eigenvalue weighted by molar-refractivity contribution is -0.153. The van der Waals surface area contributed by atoms with Crippen LogP contribution >= 0.6 is 0 Å². The van der Waals surface area contributed by atoms with Gasteiger partial charge in [-0.25, -0.2) is 9.59 Å². The molecule has 0 unspecified atom stereocenters. The molecule has 5 heteroatoms. The van der Waals surface area contributed by atoms with Crippen LogP contribution in [0.25, 0.3) is 0 Å². The van der Waals surface area contributed by atoms with E-state index in [9.17, 15) is 9.59 Å². The van der Waals surface area contributed by atoms with Gasteiger partial charge in [-0.1, -0.05) is 37.3 Å². The monoisotopic (exact) mass is 333 g/mol. The van der Waals surface area contributed by atoms with E-state index in [1.807, 2.05) is 51.1 Å². The van der Waals surface area contributed by atoms with Crippen LogP contribution in [0.5, 0.6) is 0 Å². The number of likely N-dealkylation sites (tertiary alicyclic amines) is 1. The first-order chi connectivity index (χ1) is 11.3. The molecule has 2 rings (SSSR count). The highest BCUT2D eigenvalue weighted by Crippen LogP contribution is 2.25. The van der Waals surface area contributed by atoms with E-state index < -0.39 is 17.7 Å². The number of ether oxygens (including phenoxy) is 2. The lowest BCUT2D eigenvalue weighted by atomic mass is 9.93. The Kier molecular flexibility index (Phi) is 5.86. The molecular formula is C19H27NO4. The number of carbonyl (C=O) groups is 2. The zero-order chi connectivity index (χ0) is 17.7. The molecule has 0 bridgehead atoms. The van der Waals surface area contributed by atoms with Crippen molar-refractivity contribution in [3.63, 3.8) is 0 Å². The average molecular weight is 333 g/mol. The Morgan fingerprint density at radius 3 is 2.50 bits per heavy atom. The zero-order valence-electron chi connectivity index (χ0n) is 15.0. The van der Waals surface area contributed by atoms with Crippen molar-refractivity contribution in [2.45, 2.75) is 58.8 Å². The zero-order valence-corrected chi connectivity index (χ0v) is 15.0. The molecule has 1 aromatic carbocycles. The summed E-state index contributed by atoms with van der Waals surface area (Å²) in [5, 5.41) is 0. The lowest BCUT2D eigenvalue weighted by Gasteiger charge is -2.37. The van der Waals surface area contributed by atoms with Crippen LogP contribution < -0.4 is 0 Å². The molecule has 1 saturated heterocycles. The third-order valence-electron chi connectivity index (χ3n) is 3.99. The van der Waals surface area contributed by atoms with Crippen LogP contribution in [-0.4, -0.2) is 35.2 Å². The van der Waals surface area contributed by atoms with E-state index in [1.54, 1.807) is 0 Å². The molecule has 1 heterocycles. The van der Waals surface area contributed by atoms with Crippen molar-refractivity contribution in [2.75, 3.05) is 6.54 Å². The van der Waals surface area contributed by atoms with Gasteiger partial charge in [0.15, 0.2) is 0 Å². The molecule has 0 spiro atoms. The van der Waals surface area contributed by atoms with Crippen LogP contribution in [-0.2, 0) is 20.9 Å². The molecular weight excluding hydrogens is 306 g/mol. The van der Waals surface area contributed by atoms with Crippen molar-refractivity contribution >= 4 is 12.1 Å². The highest BCUT2D eigenvalue weighted by molar-refractivity contribution is 5.81. The molecule has 132 valence electrons. The van der Waals surface area contributed by atoms with Gasteiger partial charge in [-0.15, -0.1) is 0 Å². The number of benzene rings is 1. The summed E-state index contributed by atoms with van der Waals surface area (Å²) in [6.07, 6.45) is 1.02. The van der Waals surface area contributed by atoms with Gasteiger partial charge in [0.25, 0.3) is 0 Å². The second-order valence-corrected chi connectivity index (χ2v) is 7.41. The van der Waals surface area contributed by atoms with E-state index in [1.165, 1.54) is 4.90 Å². The summed E-state index contributed by atoms with van der Waals surface area (Å²) < 4.78 is 10.9. The quantitative estimate of drug-likeness (QED) is 0.790. The summed E-state index contributed by atoms with van der Waals surface area (Å²) in [4.78, 5) is 26.4. The number of carbonyl (C=O) groups excluding carboxylic acids is 2. The molecule has 0 aromatic heterocycles. The van der Waals surface area contributed by atoms with Gasteiger partial charge in [-0.05, 0) is 45.1 Å². The van der Waals surface area contributed by atoms with Gasteiger partial charge in [0.1, 0.15) is 18.2 Å². The maximum absolute atomic E-state index is 12.5. The van der Waals surface area contributed by atoms with Crippen LogP contribution in [0.4, 0.5) is 4.79 Å². The Balaban J connectivity index is 2.02. The Morgan fingerprint density at radius 2 is 1.88 bits per heavy atom. The van der Waals surface area contributed by atoms with E-state index in [0.717, 1.165) is 12.0 Å². The Morgan fingerprint density at radius 1 is 1.21 bits per heavy atom. The minimum absolute atomic E-state index is 0.215. The molecule has 1 aromatic rings. The summed E-state index contributed by atoms with van der Waals surface area (Å²) in [6, 6.07) is 8.95.